The van der Waals surface area contributed by atoms with E-state index in [1.54, 1.807) is 19.1 Å². The van der Waals surface area contributed by atoms with Crippen LogP contribution in [0, 0.1) is 5.92 Å². The normalized spacial score (nSPS) is 14.0. The van der Waals surface area contributed by atoms with Gasteiger partial charge in [-0.15, -0.1) is 0 Å². The fourth-order valence-electron chi connectivity index (χ4n) is 1.49. The molecule has 0 amide bonds. The molecule has 0 aliphatic rings. The molecule has 0 saturated carbocycles. The van der Waals surface area contributed by atoms with Crippen molar-refractivity contribution in [2.45, 2.75) is 26.4 Å². The van der Waals surface area contributed by atoms with Crippen molar-refractivity contribution < 1.29 is 19.4 Å². The fourth-order valence-corrected chi connectivity index (χ4v) is 1.49. The second-order valence-corrected chi connectivity index (χ2v) is 4.79. The van der Waals surface area contributed by atoms with E-state index in [1.807, 2.05) is 31.2 Å². The third kappa shape index (κ3) is 5.89. The molecule has 110 valence electrons. The lowest BCUT2D eigenvalue weighted by molar-refractivity contribution is -0.142. The first-order valence-corrected chi connectivity index (χ1v) is 6.67. The van der Waals surface area contributed by atoms with Crippen molar-refractivity contribution in [3.63, 3.8) is 0 Å². The molecule has 0 heterocycles. The summed E-state index contributed by atoms with van der Waals surface area (Å²) >= 11 is 0. The number of carbonyl (C=O) groups is 1. The zero-order valence-electron chi connectivity index (χ0n) is 12.2. The lowest BCUT2D eigenvalue weighted by atomic mass is 10.0. The lowest BCUT2D eigenvalue weighted by Gasteiger charge is -2.11. The average molecular weight is 278 g/mol. The maximum Gasteiger partial charge on any atom is 0.343 e. The van der Waals surface area contributed by atoms with Crippen LogP contribution in [0.1, 0.15) is 25.8 Å². The highest BCUT2D eigenvalue weighted by Crippen LogP contribution is 2.15. The van der Waals surface area contributed by atoms with Gasteiger partial charge in [0.25, 0.3) is 0 Å². The highest BCUT2D eigenvalue weighted by molar-refractivity contribution is 5.70. The highest BCUT2D eigenvalue weighted by Gasteiger charge is 2.05. The molecule has 4 nitrogen and oxygen atoms in total. The number of hydrogen-bond donors (Lipinski definition) is 1. The van der Waals surface area contributed by atoms with E-state index in [4.69, 9.17) is 4.74 Å². The van der Waals surface area contributed by atoms with Crippen molar-refractivity contribution in [1.29, 1.82) is 0 Å². The number of ether oxygens (including phenoxy) is 2. The van der Waals surface area contributed by atoms with Crippen molar-refractivity contribution in [3.05, 3.63) is 35.9 Å². The van der Waals surface area contributed by atoms with E-state index >= 15 is 0 Å². The second-order valence-electron chi connectivity index (χ2n) is 4.79. The largest absolute Gasteiger partial charge is 0.482 e. The Bertz CT molecular complexity index is 434. The SMILES string of the molecule is COC(=O)COc1ccc(/C=C/C[C@@H](C)[C@H](C)O)cc1. The van der Waals surface area contributed by atoms with Gasteiger partial charge in [0.1, 0.15) is 5.75 Å². The molecule has 1 aromatic rings. The van der Waals surface area contributed by atoms with Crippen molar-refractivity contribution in [1.82, 2.24) is 0 Å². The first-order chi connectivity index (χ1) is 9.52. The standard InChI is InChI=1S/C16H22O4/c1-12(13(2)17)5-4-6-14-7-9-15(10-8-14)20-11-16(18)19-3/h4,6-10,12-13,17H,5,11H2,1-3H3/b6-4+/t12-,13+/m1/s1. The van der Waals surface area contributed by atoms with Gasteiger partial charge in [-0.3, -0.25) is 0 Å². The molecular weight excluding hydrogens is 256 g/mol. The number of esters is 1. The monoisotopic (exact) mass is 278 g/mol. The Morgan fingerprint density at radius 2 is 1.95 bits per heavy atom. The molecule has 2 atom stereocenters. The van der Waals surface area contributed by atoms with Gasteiger partial charge < -0.3 is 14.6 Å². The van der Waals surface area contributed by atoms with Crippen molar-refractivity contribution >= 4 is 12.0 Å². The van der Waals surface area contributed by atoms with E-state index in [9.17, 15) is 9.90 Å². The Hall–Kier alpha value is -1.81. The molecule has 1 rings (SSSR count). The zero-order valence-corrected chi connectivity index (χ0v) is 12.2. The van der Waals surface area contributed by atoms with Gasteiger partial charge in [-0.05, 0) is 37.0 Å². The Morgan fingerprint density at radius 1 is 1.30 bits per heavy atom. The summed E-state index contributed by atoms with van der Waals surface area (Å²) < 4.78 is 9.75. The summed E-state index contributed by atoms with van der Waals surface area (Å²) in [5.41, 5.74) is 1.05. The topological polar surface area (TPSA) is 55.8 Å². The zero-order chi connectivity index (χ0) is 15.0. The Labute approximate surface area is 120 Å². The van der Waals surface area contributed by atoms with Crippen LogP contribution >= 0.6 is 0 Å². The summed E-state index contributed by atoms with van der Waals surface area (Å²) in [6.07, 6.45) is 4.58. The third-order valence-electron chi connectivity index (χ3n) is 3.11. The summed E-state index contributed by atoms with van der Waals surface area (Å²) in [5.74, 6) is 0.472. The van der Waals surface area contributed by atoms with Gasteiger partial charge in [0, 0.05) is 0 Å². The second kappa shape index (κ2) is 8.38. The van der Waals surface area contributed by atoms with E-state index in [0.29, 0.717) is 5.75 Å². The summed E-state index contributed by atoms with van der Waals surface area (Å²) in [4.78, 5) is 10.9. The molecule has 20 heavy (non-hydrogen) atoms. The lowest BCUT2D eigenvalue weighted by Crippen LogP contribution is -2.12. The van der Waals surface area contributed by atoms with Crippen LogP contribution in [0.15, 0.2) is 30.3 Å². The summed E-state index contributed by atoms with van der Waals surface area (Å²) in [7, 11) is 1.33. The predicted octanol–water partition coefficient (Wildman–Crippen LogP) is 2.66. The van der Waals surface area contributed by atoms with Crippen LogP contribution in [0.5, 0.6) is 5.75 Å². The number of aliphatic hydroxyl groups excluding tert-OH is 1. The fraction of sp³-hybridized carbons (Fsp3) is 0.438. The molecule has 0 unspecified atom stereocenters. The van der Waals surface area contributed by atoms with Gasteiger partial charge in [0.05, 0.1) is 13.2 Å². The molecule has 0 saturated heterocycles. The molecular formula is C16H22O4. The van der Waals surface area contributed by atoms with Crippen molar-refractivity contribution in [2.24, 2.45) is 5.92 Å². The van der Waals surface area contributed by atoms with E-state index in [1.165, 1.54) is 7.11 Å². The van der Waals surface area contributed by atoms with Gasteiger partial charge in [0.15, 0.2) is 6.61 Å². The van der Waals surface area contributed by atoms with Gasteiger partial charge in [-0.25, -0.2) is 4.79 Å². The molecule has 0 aliphatic heterocycles. The molecule has 1 N–H and O–H groups in total. The van der Waals surface area contributed by atoms with E-state index in [2.05, 4.69) is 4.74 Å². The molecule has 0 fully saturated rings. The Morgan fingerprint density at radius 3 is 2.50 bits per heavy atom. The number of carbonyl (C=O) groups excluding carboxylic acids is 1. The van der Waals surface area contributed by atoms with E-state index in [0.717, 1.165) is 12.0 Å². The van der Waals surface area contributed by atoms with E-state index < -0.39 is 5.97 Å². The van der Waals surface area contributed by atoms with Crippen molar-refractivity contribution in [2.75, 3.05) is 13.7 Å². The number of hydrogen-bond acceptors (Lipinski definition) is 4. The molecule has 0 spiro atoms. The third-order valence-corrected chi connectivity index (χ3v) is 3.11. The quantitative estimate of drug-likeness (QED) is 0.779. The molecule has 0 bridgehead atoms. The minimum atomic E-state index is -0.402. The molecule has 0 radical (unpaired) electrons. The van der Waals surface area contributed by atoms with Crippen molar-refractivity contribution in [3.8, 4) is 5.75 Å². The van der Waals surface area contributed by atoms with Crippen LogP contribution in [0.4, 0.5) is 0 Å². The number of benzene rings is 1. The van der Waals surface area contributed by atoms with Crippen LogP contribution in [-0.4, -0.2) is 30.9 Å². The minimum Gasteiger partial charge on any atom is -0.482 e. The van der Waals surface area contributed by atoms with Crippen LogP contribution in [-0.2, 0) is 9.53 Å². The highest BCUT2D eigenvalue weighted by atomic mass is 16.6. The smallest absolute Gasteiger partial charge is 0.343 e. The Balaban J connectivity index is 2.46. The maximum atomic E-state index is 10.9. The molecule has 4 heteroatoms. The van der Waals surface area contributed by atoms with Crippen LogP contribution in [0.25, 0.3) is 6.08 Å². The van der Waals surface area contributed by atoms with Crippen LogP contribution < -0.4 is 4.74 Å². The minimum absolute atomic E-state index is 0.0857. The van der Waals surface area contributed by atoms with Gasteiger partial charge in [-0.1, -0.05) is 31.2 Å². The van der Waals surface area contributed by atoms with Crippen LogP contribution in [0.2, 0.25) is 0 Å². The summed E-state index contributed by atoms with van der Waals surface area (Å²) in [5, 5.41) is 9.39. The number of allylic oxidation sites excluding steroid dienone is 1. The van der Waals surface area contributed by atoms with E-state index in [-0.39, 0.29) is 18.6 Å². The molecule has 0 aromatic heterocycles. The van der Waals surface area contributed by atoms with Gasteiger partial charge >= 0.3 is 5.97 Å². The first kappa shape index (κ1) is 16.2. The number of methoxy groups -OCH3 is 1. The van der Waals surface area contributed by atoms with Gasteiger partial charge in [0.2, 0.25) is 0 Å². The average Bonchev–Trinajstić information content (AvgIpc) is 2.45. The number of aliphatic hydroxyl groups is 1. The first-order valence-electron chi connectivity index (χ1n) is 6.67. The summed E-state index contributed by atoms with van der Waals surface area (Å²) in [6, 6.07) is 7.44. The Kier molecular flexibility index (Phi) is 6.81. The van der Waals surface area contributed by atoms with Gasteiger partial charge in [-0.2, -0.15) is 0 Å². The summed E-state index contributed by atoms with van der Waals surface area (Å²) in [6.45, 7) is 3.72. The molecule has 0 aliphatic carbocycles. The maximum absolute atomic E-state index is 10.9. The predicted molar refractivity (Wildman–Crippen MR) is 78.4 cm³/mol. The number of rotatable bonds is 7. The van der Waals surface area contributed by atoms with Crippen LogP contribution in [0.3, 0.4) is 0 Å². The molecule has 1 aromatic carbocycles.